The van der Waals surface area contributed by atoms with E-state index in [0.29, 0.717) is 36.4 Å². The molecule has 118 valence electrons. The molecule has 3 rings (SSSR count). The lowest BCUT2D eigenvalue weighted by Crippen LogP contribution is -2.39. The van der Waals surface area contributed by atoms with Gasteiger partial charge < -0.3 is 15.2 Å². The minimum atomic E-state index is 0. The van der Waals surface area contributed by atoms with Crippen LogP contribution >= 0.6 is 24.0 Å². The van der Waals surface area contributed by atoms with Crippen LogP contribution < -0.4 is 10.6 Å². The van der Waals surface area contributed by atoms with E-state index in [0.717, 1.165) is 5.96 Å². The smallest absolute Gasteiger partial charge is 0.276 e. The number of pyridine rings is 1. The topological polar surface area (TPSA) is 88.2 Å². The van der Waals surface area contributed by atoms with E-state index in [1.54, 1.807) is 13.2 Å². The van der Waals surface area contributed by atoms with E-state index in [1.165, 1.54) is 12.8 Å². The monoisotopic (exact) mass is 414 g/mol. The molecule has 0 unspecified atom stereocenters. The molecular formula is C14H19IN6O. The Bertz CT molecular complexity index is 611. The first-order valence-electron chi connectivity index (χ1n) is 7.06. The van der Waals surface area contributed by atoms with Gasteiger partial charge in [0.05, 0.1) is 0 Å². The number of rotatable bonds is 5. The summed E-state index contributed by atoms with van der Waals surface area (Å²) in [5.41, 5.74) is 0.690. The van der Waals surface area contributed by atoms with Crippen molar-refractivity contribution in [2.75, 3.05) is 13.6 Å². The van der Waals surface area contributed by atoms with Gasteiger partial charge in [-0.05, 0) is 25.0 Å². The molecule has 2 N–H and O–H groups in total. The normalized spacial score (nSPS) is 14.3. The molecule has 0 radical (unpaired) electrons. The number of halogens is 1. The van der Waals surface area contributed by atoms with Crippen LogP contribution in [0.4, 0.5) is 0 Å². The Morgan fingerprint density at radius 1 is 1.41 bits per heavy atom. The van der Waals surface area contributed by atoms with Crippen LogP contribution in [0.25, 0.3) is 11.6 Å². The molecule has 1 fully saturated rings. The quantitative estimate of drug-likeness (QED) is 0.439. The number of aliphatic imine (C=N–C) groups is 1. The lowest BCUT2D eigenvalue weighted by molar-refractivity contribution is 0.421. The van der Waals surface area contributed by atoms with Gasteiger partial charge in [0.2, 0.25) is 0 Å². The summed E-state index contributed by atoms with van der Waals surface area (Å²) < 4.78 is 5.21. The fraction of sp³-hybridized carbons (Fsp3) is 0.429. The summed E-state index contributed by atoms with van der Waals surface area (Å²) in [7, 11) is 1.77. The maximum absolute atomic E-state index is 5.21. The number of nitrogens with one attached hydrogen (secondary N) is 2. The molecule has 0 aliphatic heterocycles. The van der Waals surface area contributed by atoms with E-state index >= 15 is 0 Å². The molecule has 2 aromatic heterocycles. The van der Waals surface area contributed by atoms with E-state index in [9.17, 15) is 0 Å². The van der Waals surface area contributed by atoms with Crippen molar-refractivity contribution < 1.29 is 4.52 Å². The van der Waals surface area contributed by atoms with Gasteiger partial charge in [-0.3, -0.25) is 9.98 Å². The average molecular weight is 414 g/mol. The van der Waals surface area contributed by atoms with Crippen molar-refractivity contribution in [3.63, 3.8) is 0 Å². The second kappa shape index (κ2) is 8.06. The highest BCUT2D eigenvalue weighted by atomic mass is 127. The van der Waals surface area contributed by atoms with Gasteiger partial charge in [-0.2, -0.15) is 4.98 Å². The van der Waals surface area contributed by atoms with E-state index in [1.807, 2.05) is 18.2 Å². The van der Waals surface area contributed by atoms with Crippen molar-refractivity contribution in [2.45, 2.75) is 25.3 Å². The van der Waals surface area contributed by atoms with Gasteiger partial charge >= 0.3 is 0 Å². The van der Waals surface area contributed by atoms with Gasteiger partial charge in [0.15, 0.2) is 11.8 Å². The van der Waals surface area contributed by atoms with Crippen molar-refractivity contribution in [1.82, 2.24) is 25.8 Å². The second-order valence-electron chi connectivity index (χ2n) is 4.90. The van der Waals surface area contributed by atoms with Crippen molar-refractivity contribution in [3.8, 4) is 11.6 Å². The lowest BCUT2D eigenvalue weighted by Gasteiger charge is -2.09. The maximum atomic E-state index is 5.21. The van der Waals surface area contributed by atoms with Crippen LogP contribution in [0.2, 0.25) is 0 Å². The maximum Gasteiger partial charge on any atom is 0.276 e. The van der Waals surface area contributed by atoms with Gasteiger partial charge in [0, 0.05) is 32.3 Å². The van der Waals surface area contributed by atoms with Gasteiger partial charge in [0.25, 0.3) is 5.89 Å². The fourth-order valence-electron chi connectivity index (χ4n) is 1.86. The van der Waals surface area contributed by atoms with Crippen molar-refractivity contribution in [2.24, 2.45) is 4.99 Å². The Balaban J connectivity index is 0.00000176. The van der Waals surface area contributed by atoms with Crippen LogP contribution in [0.15, 0.2) is 33.9 Å². The summed E-state index contributed by atoms with van der Waals surface area (Å²) in [6, 6.07) is 6.17. The average Bonchev–Trinajstić information content (AvgIpc) is 3.22. The van der Waals surface area contributed by atoms with Crippen molar-refractivity contribution in [1.29, 1.82) is 0 Å². The van der Waals surface area contributed by atoms with Crippen LogP contribution in [-0.2, 0) is 6.42 Å². The zero-order valence-electron chi connectivity index (χ0n) is 12.3. The molecular weight excluding hydrogens is 395 g/mol. The molecule has 2 heterocycles. The summed E-state index contributed by atoms with van der Waals surface area (Å²) in [5.74, 6) is 1.93. The predicted octanol–water partition coefficient (Wildman–Crippen LogP) is 1.62. The molecule has 1 aliphatic rings. The van der Waals surface area contributed by atoms with Crippen molar-refractivity contribution >= 4 is 29.9 Å². The van der Waals surface area contributed by atoms with E-state index in [2.05, 4.69) is 30.8 Å². The highest BCUT2D eigenvalue weighted by Gasteiger charge is 2.22. The molecule has 1 saturated carbocycles. The van der Waals surface area contributed by atoms with Gasteiger partial charge in [0.1, 0.15) is 5.69 Å². The highest BCUT2D eigenvalue weighted by Crippen LogP contribution is 2.18. The van der Waals surface area contributed by atoms with Gasteiger partial charge in [-0.25, -0.2) is 0 Å². The largest absolute Gasteiger partial charge is 0.356 e. The number of guanidine groups is 1. The Labute approximate surface area is 146 Å². The number of hydrogen-bond acceptors (Lipinski definition) is 5. The highest BCUT2D eigenvalue weighted by molar-refractivity contribution is 14.0. The van der Waals surface area contributed by atoms with E-state index < -0.39 is 0 Å². The first-order valence-corrected chi connectivity index (χ1v) is 7.06. The van der Waals surface area contributed by atoms with E-state index in [4.69, 9.17) is 4.52 Å². The van der Waals surface area contributed by atoms with Crippen LogP contribution in [-0.4, -0.2) is 40.7 Å². The molecule has 22 heavy (non-hydrogen) atoms. The minimum Gasteiger partial charge on any atom is -0.356 e. The van der Waals surface area contributed by atoms with Gasteiger partial charge in [-0.15, -0.1) is 24.0 Å². The predicted molar refractivity (Wildman–Crippen MR) is 94.2 cm³/mol. The van der Waals surface area contributed by atoms with Crippen LogP contribution in [0, 0.1) is 0 Å². The van der Waals surface area contributed by atoms with Crippen molar-refractivity contribution in [3.05, 3.63) is 30.2 Å². The van der Waals surface area contributed by atoms with Crippen LogP contribution in [0.1, 0.15) is 18.7 Å². The number of hydrogen-bond donors (Lipinski definition) is 2. The molecule has 0 aromatic carbocycles. The molecule has 0 atom stereocenters. The second-order valence-corrected chi connectivity index (χ2v) is 4.90. The SMILES string of the molecule is CN=C(NCCc1noc(-c2ccccn2)n1)NC1CC1.I. The van der Waals surface area contributed by atoms with Gasteiger partial charge in [-0.1, -0.05) is 11.2 Å². The molecule has 0 bridgehead atoms. The zero-order valence-corrected chi connectivity index (χ0v) is 14.7. The standard InChI is InChI=1S/C14H18N6O.HI/c1-15-14(18-10-5-6-10)17-9-7-12-19-13(21-20-12)11-4-2-3-8-16-11;/h2-4,8,10H,5-7,9H2,1H3,(H2,15,17,18);1H. The third kappa shape index (κ3) is 4.65. The summed E-state index contributed by atoms with van der Waals surface area (Å²) in [5, 5.41) is 10.5. The molecule has 8 heteroatoms. The van der Waals surface area contributed by atoms with Crippen LogP contribution in [0.5, 0.6) is 0 Å². The summed E-state index contributed by atoms with van der Waals surface area (Å²) >= 11 is 0. The Morgan fingerprint density at radius 3 is 2.95 bits per heavy atom. The van der Waals surface area contributed by atoms with E-state index in [-0.39, 0.29) is 24.0 Å². The fourth-order valence-corrected chi connectivity index (χ4v) is 1.86. The first kappa shape index (κ1) is 16.7. The number of aromatic nitrogens is 3. The number of nitrogens with zero attached hydrogens (tertiary/aromatic N) is 4. The Hall–Kier alpha value is -1.71. The molecule has 0 amide bonds. The zero-order chi connectivity index (χ0) is 14.5. The summed E-state index contributed by atoms with van der Waals surface area (Å²) in [4.78, 5) is 12.7. The summed E-state index contributed by atoms with van der Waals surface area (Å²) in [6.45, 7) is 0.702. The molecule has 2 aromatic rings. The first-order chi connectivity index (χ1) is 10.3. The molecule has 0 spiro atoms. The molecule has 0 saturated heterocycles. The van der Waals surface area contributed by atoms with Crippen LogP contribution in [0.3, 0.4) is 0 Å². The third-order valence-electron chi connectivity index (χ3n) is 3.13. The third-order valence-corrected chi connectivity index (χ3v) is 3.13. The lowest BCUT2D eigenvalue weighted by atomic mass is 10.3. The minimum absolute atomic E-state index is 0. The molecule has 7 nitrogen and oxygen atoms in total. The summed E-state index contributed by atoms with van der Waals surface area (Å²) in [6.07, 6.45) is 4.81. The Morgan fingerprint density at radius 2 is 2.27 bits per heavy atom. The molecule has 1 aliphatic carbocycles. The Kier molecular flexibility index (Phi) is 6.10.